The summed E-state index contributed by atoms with van der Waals surface area (Å²) >= 11 is 0. The van der Waals surface area contributed by atoms with E-state index in [1.165, 1.54) is 57.8 Å². The molecule has 0 saturated heterocycles. The second-order valence-electron chi connectivity index (χ2n) is 4.29. The van der Waals surface area contributed by atoms with Gasteiger partial charge in [0.05, 0.1) is 0 Å². The monoisotopic (exact) mass is 236 g/mol. The average Bonchev–Trinajstić information content (AvgIpc) is 2.07. The first-order chi connectivity index (χ1) is 7.16. The topological polar surface area (TPSA) is 37.3 Å². The fraction of sp³-hybridized carbons (Fsp3) is 0.846. The zero-order chi connectivity index (χ0) is 11.5. The van der Waals surface area contributed by atoms with Gasteiger partial charge in [0.2, 0.25) is 0 Å². The van der Waals surface area contributed by atoms with E-state index >= 15 is 0 Å². The van der Waals surface area contributed by atoms with Crippen LogP contribution in [0, 0.1) is 5.92 Å². The van der Waals surface area contributed by atoms with Crippen LogP contribution in [0.15, 0.2) is 0 Å². The quantitative estimate of drug-likeness (QED) is 0.427. The predicted octanol–water partition coefficient (Wildman–Crippen LogP) is 1.20. The molecule has 0 unspecified atom stereocenters. The number of hydrogen-bond acceptors (Lipinski definition) is 1. The van der Waals surface area contributed by atoms with Crippen molar-refractivity contribution in [1.29, 1.82) is 0 Å². The Kier molecular flexibility index (Phi) is 15.9. The van der Waals surface area contributed by atoms with Crippen molar-refractivity contribution in [1.82, 2.24) is 0 Å². The molecule has 0 bridgehead atoms. The summed E-state index contributed by atoms with van der Waals surface area (Å²) < 4.78 is 0. The molecular weight excluding hydrogens is 211 g/mol. The van der Waals surface area contributed by atoms with Crippen molar-refractivity contribution in [2.75, 3.05) is 0 Å². The second-order valence-corrected chi connectivity index (χ2v) is 4.29. The zero-order valence-corrected chi connectivity index (χ0v) is 13.2. The van der Waals surface area contributed by atoms with Gasteiger partial charge in [-0.1, -0.05) is 39.0 Å². The second kappa shape index (κ2) is 13.5. The van der Waals surface area contributed by atoms with E-state index in [1.807, 2.05) is 5.92 Å². The molecule has 3 heteroatoms. The number of hydrogen-bond donors (Lipinski definition) is 1. The minimum atomic E-state index is -0.833. The average molecular weight is 236 g/mol. The summed E-state index contributed by atoms with van der Waals surface area (Å²) in [7, 11) is 0. The molecule has 0 atom stereocenters. The third kappa shape index (κ3) is 14.5. The van der Waals surface area contributed by atoms with Crippen molar-refractivity contribution in [3.63, 3.8) is 0 Å². The molecule has 16 heavy (non-hydrogen) atoms. The van der Waals surface area contributed by atoms with Gasteiger partial charge >= 0.3 is 29.6 Å². The Morgan fingerprint density at radius 2 is 1.69 bits per heavy atom. The van der Waals surface area contributed by atoms with Gasteiger partial charge in [-0.05, 0) is 0 Å². The maximum Gasteiger partial charge on any atom is 1.00 e. The van der Waals surface area contributed by atoms with Gasteiger partial charge in [0, 0.05) is 6.92 Å². The van der Waals surface area contributed by atoms with E-state index in [2.05, 4.69) is 6.92 Å². The van der Waals surface area contributed by atoms with E-state index in [0.29, 0.717) is 0 Å². The summed E-state index contributed by atoms with van der Waals surface area (Å²) in [6.07, 6.45) is 13.0. The molecule has 0 aromatic rings. The van der Waals surface area contributed by atoms with Crippen LogP contribution in [0.4, 0.5) is 0 Å². The van der Waals surface area contributed by atoms with Crippen LogP contribution in [0.25, 0.3) is 0 Å². The zero-order valence-electron chi connectivity index (χ0n) is 11.2. The summed E-state index contributed by atoms with van der Waals surface area (Å²) in [5.41, 5.74) is 0. The standard InChI is InChI=1S/C11H21.C2H4O2.Na/c1-2-3-4-5-6-8-11-9-7-10-11;1-2(3)4;/h2-10H2,1H3;1H3,(H,3,4);/q-1;;+1. The molecule has 2 nitrogen and oxygen atoms in total. The number of carbonyl (C=O) groups is 1. The molecule has 0 aromatic carbocycles. The van der Waals surface area contributed by atoms with E-state index in [1.54, 1.807) is 0 Å². The summed E-state index contributed by atoms with van der Waals surface area (Å²) in [6.45, 7) is 3.36. The third-order valence-electron chi connectivity index (χ3n) is 2.69. The summed E-state index contributed by atoms with van der Waals surface area (Å²) in [5, 5.41) is 7.42. The normalized spacial score (nSPS) is 14.1. The smallest absolute Gasteiger partial charge is 0.481 e. The largest absolute Gasteiger partial charge is 1.00 e. The molecule has 1 aliphatic carbocycles. The van der Waals surface area contributed by atoms with E-state index in [4.69, 9.17) is 9.90 Å². The fourth-order valence-electron chi connectivity index (χ4n) is 1.66. The fourth-order valence-corrected chi connectivity index (χ4v) is 1.66. The summed E-state index contributed by atoms with van der Waals surface area (Å²) in [6, 6.07) is 0. The van der Waals surface area contributed by atoms with Gasteiger partial charge in [0.15, 0.2) is 0 Å². The molecule has 0 amide bonds. The molecule has 0 aromatic heterocycles. The van der Waals surface area contributed by atoms with Gasteiger partial charge in [0.1, 0.15) is 0 Å². The Morgan fingerprint density at radius 1 is 1.19 bits per heavy atom. The minimum absolute atomic E-state index is 0. The maximum absolute atomic E-state index is 9.00. The number of carboxylic acid groups (broad SMARTS) is 1. The first-order valence-electron chi connectivity index (χ1n) is 6.20. The van der Waals surface area contributed by atoms with Crippen molar-refractivity contribution < 1.29 is 39.5 Å². The van der Waals surface area contributed by atoms with Crippen LogP contribution in [-0.2, 0) is 4.79 Å². The number of aliphatic carboxylic acids is 1. The SMILES string of the molecule is CC(=O)O.CCCCCCC[C-]1CCC1.[Na+]. The van der Waals surface area contributed by atoms with Crippen LogP contribution in [0.3, 0.4) is 0 Å². The molecule has 0 heterocycles. The Labute approximate surface area is 122 Å². The molecule has 1 N–H and O–H groups in total. The molecule has 1 fully saturated rings. The van der Waals surface area contributed by atoms with E-state index in [0.717, 1.165) is 6.92 Å². The van der Waals surface area contributed by atoms with Crippen molar-refractivity contribution in [2.45, 2.75) is 71.6 Å². The van der Waals surface area contributed by atoms with Gasteiger partial charge in [-0.2, -0.15) is 19.3 Å². The number of rotatable bonds is 6. The molecule has 1 rings (SSSR count). The van der Waals surface area contributed by atoms with Crippen LogP contribution in [-0.4, -0.2) is 11.1 Å². The third-order valence-corrected chi connectivity index (χ3v) is 2.69. The molecular formula is C13H25NaO2. The maximum atomic E-state index is 9.00. The van der Waals surface area contributed by atoms with Crippen molar-refractivity contribution in [2.24, 2.45) is 0 Å². The molecule has 1 saturated carbocycles. The molecule has 0 aliphatic heterocycles. The molecule has 0 spiro atoms. The summed E-state index contributed by atoms with van der Waals surface area (Å²) in [5.74, 6) is 1.02. The van der Waals surface area contributed by atoms with Crippen LogP contribution < -0.4 is 29.6 Å². The first kappa shape index (κ1) is 18.8. The minimum Gasteiger partial charge on any atom is -0.481 e. The molecule has 0 radical (unpaired) electrons. The van der Waals surface area contributed by atoms with E-state index in [-0.39, 0.29) is 29.6 Å². The van der Waals surface area contributed by atoms with Crippen LogP contribution in [0.1, 0.15) is 71.6 Å². The Morgan fingerprint density at radius 3 is 2.06 bits per heavy atom. The first-order valence-corrected chi connectivity index (χ1v) is 6.20. The van der Waals surface area contributed by atoms with Crippen LogP contribution >= 0.6 is 0 Å². The predicted molar refractivity (Wildman–Crippen MR) is 63.8 cm³/mol. The number of carboxylic acids is 1. The van der Waals surface area contributed by atoms with Crippen LogP contribution in [0.2, 0.25) is 0 Å². The van der Waals surface area contributed by atoms with Crippen molar-refractivity contribution >= 4 is 5.97 Å². The molecule has 1 aliphatic rings. The number of unbranched alkanes of at least 4 members (excludes halogenated alkanes) is 4. The van der Waals surface area contributed by atoms with Crippen LogP contribution in [0.5, 0.6) is 0 Å². The Balaban J connectivity index is 0. The van der Waals surface area contributed by atoms with E-state index in [9.17, 15) is 0 Å². The van der Waals surface area contributed by atoms with Crippen molar-refractivity contribution in [3.05, 3.63) is 5.92 Å². The van der Waals surface area contributed by atoms with Gasteiger partial charge in [0.25, 0.3) is 5.97 Å². The van der Waals surface area contributed by atoms with Gasteiger partial charge in [-0.25, -0.2) is 0 Å². The summed E-state index contributed by atoms with van der Waals surface area (Å²) in [4.78, 5) is 9.00. The molecule has 90 valence electrons. The van der Waals surface area contributed by atoms with E-state index < -0.39 is 5.97 Å². The van der Waals surface area contributed by atoms with Gasteiger partial charge < -0.3 is 11.0 Å². The van der Waals surface area contributed by atoms with Gasteiger partial charge in [-0.15, -0.1) is 6.42 Å². The van der Waals surface area contributed by atoms with Gasteiger partial charge in [-0.3, -0.25) is 4.79 Å². The Hall–Kier alpha value is 0.470. The van der Waals surface area contributed by atoms with Crippen molar-refractivity contribution in [3.8, 4) is 0 Å². The Bertz CT molecular complexity index is 152.